The fourth-order valence-corrected chi connectivity index (χ4v) is 5.52. The molecular formula is C25H27N4O3S-. The Kier molecular flexibility index (Phi) is 5.58. The number of aryl methyl sites for hydroxylation is 2. The highest BCUT2D eigenvalue weighted by Gasteiger charge is 2.25. The van der Waals surface area contributed by atoms with Crippen molar-refractivity contribution in [2.45, 2.75) is 63.0 Å². The summed E-state index contributed by atoms with van der Waals surface area (Å²) in [4.78, 5) is 12.8. The van der Waals surface area contributed by atoms with E-state index in [-0.39, 0.29) is 5.03 Å². The van der Waals surface area contributed by atoms with Crippen LogP contribution in [0.5, 0.6) is 0 Å². The van der Waals surface area contributed by atoms with E-state index in [2.05, 4.69) is 20.8 Å². The minimum absolute atomic E-state index is 0.120. The Hall–Kier alpha value is -2.97. The molecule has 0 saturated carbocycles. The number of nitrogens with zero attached hydrogens (tertiary/aromatic N) is 3. The number of nitrogens with one attached hydrogen (secondary N) is 1. The Morgan fingerprint density at radius 2 is 1.70 bits per heavy atom. The van der Waals surface area contributed by atoms with Gasteiger partial charge >= 0.3 is 6.03 Å². The smallest absolute Gasteiger partial charge is 0.322 e. The van der Waals surface area contributed by atoms with Gasteiger partial charge in [0, 0.05) is 10.7 Å². The van der Waals surface area contributed by atoms with E-state index in [9.17, 15) is 14.1 Å². The number of aliphatic hydroxyl groups is 1. The van der Waals surface area contributed by atoms with Crippen LogP contribution in [0.2, 0.25) is 0 Å². The molecule has 33 heavy (non-hydrogen) atoms. The van der Waals surface area contributed by atoms with Gasteiger partial charge in [0.2, 0.25) is 0 Å². The molecule has 0 saturated heterocycles. The van der Waals surface area contributed by atoms with Crippen LogP contribution in [0.25, 0.3) is 5.69 Å². The molecular weight excluding hydrogens is 436 g/mol. The molecule has 0 unspecified atom stereocenters. The van der Waals surface area contributed by atoms with Crippen molar-refractivity contribution in [2.75, 3.05) is 5.32 Å². The van der Waals surface area contributed by atoms with Crippen molar-refractivity contribution in [3.63, 3.8) is 0 Å². The molecule has 8 heteroatoms. The average Bonchev–Trinajstić information content (AvgIpc) is 3.52. The van der Waals surface area contributed by atoms with Crippen LogP contribution in [-0.4, -0.2) is 20.9 Å². The molecule has 0 aliphatic heterocycles. The SMILES string of the molecule is CC(C)(O)c1cc([S-](=O)=NC(=O)Nc2c3c(cc4c2CCC4)CCC3)nn1-c1ccccc1. The summed E-state index contributed by atoms with van der Waals surface area (Å²) < 4.78 is 18.4. The summed E-state index contributed by atoms with van der Waals surface area (Å²) in [6.07, 6.45) is 6.12. The molecule has 2 N–H and O–H groups in total. The Morgan fingerprint density at radius 1 is 1.06 bits per heavy atom. The number of rotatable bonds is 4. The van der Waals surface area contributed by atoms with Crippen molar-refractivity contribution in [1.29, 1.82) is 0 Å². The van der Waals surface area contributed by atoms with E-state index in [0.717, 1.165) is 49.9 Å². The molecule has 2 amide bonds. The number of aromatic nitrogens is 2. The maximum Gasteiger partial charge on any atom is 0.322 e. The van der Waals surface area contributed by atoms with Crippen LogP contribution in [0.1, 0.15) is 54.6 Å². The average molecular weight is 464 g/mol. The molecule has 5 rings (SSSR count). The lowest BCUT2D eigenvalue weighted by Gasteiger charge is -2.19. The first-order valence-electron chi connectivity index (χ1n) is 11.3. The number of amides is 2. The van der Waals surface area contributed by atoms with E-state index >= 15 is 0 Å². The monoisotopic (exact) mass is 463 g/mol. The maximum atomic E-state index is 13.0. The molecule has 1 heterocycles. The second-order valence-corrected chi connectivity index (χ2v) is 10.3. The Morgan fingerprint density at radius 3 is 2.30 bits per heavy atom. The predicted octanol–water partition coefficient (Wildman–Crippen LogP) is 4.82. The van der Waals surface area contributed by atoms with Gasteiger partial charge in [-0.2, -0.15) is 5.10 Å². The number of fused-ring (bicyclic) bond motifs is 2. The van der Waals surface area contributed by atoms with Gasteiger partial charge in [-0.3, -0.25) is 0 Å². The summed E-state index contributed by atoms with van der Waals surface area (Å²) in [5.74, 6) is 0. The highest BCUT2D eigenvalue weighted by Crippen LogP contribution is 2.38. The van der Waals surface area contributed by atoms with Crippen LogP contribution in [0.4, 0.5) is 10.5 Å². The number of hydrogen-bond donors (Lipinski definition) is 2. The van der Waals surface area contributed by atoms with Crippen molar-refractivity contribution in [2.24, 2.45) is 4.36 Å². The van der Waals surface area contributed by atoms with Crippen LogP contribution in [-0.2, 0) is 46.1 Å². The maximum absolute atomic E-state index is 13.0. The van der Waals surface area contributed by atoms with Gasteiger partial charge < -0.3 is 19.0 Å². The molecule has 3 aromatic rings. The van der Waals surface area contributed by atoms with E-state index in [1.165, 1.54) is 33.0 Å². The molecule has 1 aromatic heterocycles. The molecule has 0 atom stereocenters. The van der Waals surface area contributed by atoms with Crippen molar-refractivity contribution in [3.8, 4) is 5.69 Å². The summed E-state index contributed by atoms with van der Waals surface area (Å²) in [7, 11) is -2.01. The second kappa shape index (κ2) is 8.43. The second-order valence-electron chi connectivity index (χ2n) is 9.18. The van der Waals surface area contributed by atoms with Crippen molar-refractivity contribution in [3.05, 3.63) is 70.4 Å². The fraction of sp³-hybridized carbons (Fsp3) is 0.360. The Labute approximate surface area is 195 Å². The summed E-state index contributed by atoms with van der Waals surface area (Å²) >= 11 is 0. The highest BCUT2D eigenvalue weighted by atomic mass is 32.2. The lowest BCUT2D eigenvalue weighted by molar-refractivity contribution is 0.0711. The number of para-hydroxylation sites is 1. The zero-order chi connectivity index (χ0) is 23.2. The molecule has 2 aromatic carbocycles. The van der Waals surface area contributed by atoms with E-state index in [1.807, 2.05) is 30.3 Å². The predicted molar refractivity (Wildman–Crippen MR) is 127 cm³/mol. The summed E-state index contributed by atoms with van der Waals surface area (Å²) in [5.41, 5.74) is 5.84. The minimum Gasteiger partial charge on any atom is -0.438 e. The molecule has 0 radical (unpaired) electrons. The van der Waals surface area contributed by atoms with Gasteiger partial charge in [-0.05, 0) is 92.8 Å². The van der Waals surface area contributed by atoms with Gasteiger partial charge in [-0.1, -0.05) is 24.3 Å². The number of carbonyl (C=O) groups excluding carboxylic acids is 1. The van der Waals surface area contributed by atoms with Crippen molar-refractivity contribution < 1.29 is 14.1 Å². The van der Waals surface area contributed by atoms with Gasteiger partial charge in [-0.15, -0.1) is 10.6 Å². The highest BCUT2D eigenvalue weighted by molar-refractivity contribution is 7.75. The van der Waals surface area contributed by atoms with Gasteiger partial charge in [0.05, 0.1) is 11.4 Å². The first kappa shape index (κ1) is 21.9. The third-order valence-electron chi connectivity index (χ3n) is 6.36. The minimum atomic E-state index is -2.01. The standard InChI is InChI=1S/C25H27N4O3S/c1-25(2,31)21-15-22(27-29(21)18-10-4-3-5-11-18)33(32)28-24(30)26-23-19-12-6-8-16(19)14-17-9-7-13-20(17)23/h3-5,10-11,14-15,31H,6-9,12-13H2,1-2H3,(H,26,30)/q-1. The molecule has 0 spiro atoms. The fourth-order valence-electron chi connectivity index (χ4n) is 4.87. The molecule has 2 aliphatic rings. The molecule has 0 bridgehead atoms. The van der Waals surface area contributed by atoms with Crippen molar-refractivity contribution in [1.82, 2.24) is 9.78 Å². The van der Waals surface area contributed by atoms with Gasteiger partial charge in [-0.25, -0.2) is 9.48 Å². The molecule has 0 fully saturated rings. The van der Waals surface area contributed by atoms with E-state index in [0.29, 0.717) is 5.69 Å². The Bertz CT molecular complexity index is 1280. The quantitative estimate of drug-likeness (QED) is 0.543. The molecule has 2 aliphatic carbocycles. The third kappa shape index (κ3) is 4.20. The van der Waals surface area contributed by atoms with Crippen LogP contribution in [0.3, 0.4) is 0 Å². The van der Waals surface area contributed by atoms with Crippen LogP contribution >= 0.6 is 0 Å². The lowest BCUT2D eigenvalue weighted by Crippen LogP contribution is -2.20. The zero-order valence-electron chi connectivity index (χ0n) is 18.8. The topological polar surface area (TPSA) is 96.6 Å². The Balaban J connectivity index is 1.47. The lowest BCUT2D eigenvalue weighted by atomic mass is 9.99. The molecule has 7 nitrogen and oxygen atoms in total. The van der Waals surface area contributed by atoms with Gasteiger partial charge in [0.1, 0.15) is 5.60 Å². The normalized spacial score (nSPS) is 16.0. The number of hydrogen-bond acceptors (Lipinski definition) is 5. The summed E-state index contributed by atoms with van der Waals surface area (Å²) in [6, 6.07) is 12.5. The van der Waals surface area contributed by atoms with Crippen LogP contribution in [0.15, 0.2) is 51.9 Å². The van der Waals surface area contributed by atoms with Gasteiger partial charge in [0.15, 0.2) is 0 Å². The number of anilines is 1. The van der Waals surface area contributed by atoms with Crippen LogP contribution < -0.4 is 5.32 Å². The van der Waals surface area contributed by atoms with Crippen molar-refractivity contribution >= 4 is 22.3 Å². The number of carbonyl (C=O) groups is 1. The van der Waals surface area contributed by atoms with E-state index < -0.39 is 22.2 Å². The van der Waals surface area contributed by atoms with Gasteiger partial charge in [0.25, 0.3) is 0 Å². The van der Waals surface area contributed by atoms with E-state index in [4.69, 9.17) is 0 Å². The zero-order valence-corrected chi connectivity index (χ0v) is 19.6. The van der Waals surface area contributed by atoms with Crippen LogP contribution in [0, 0.1) is 0 Å². The largest absolute Gasteiger partial charge is 0.438 e. The number of benzene rings is 2. The first-order valence-corrected chi connectivity index (χ1v) is 12.4. The van der Waals surface area contributed by atoms with E-state index in [1.54, 1.807) is 13.8 Å². The molecule has 172 valence electrons. The summed E-state index contributed by atoms with van der Waals surface area (Å²) in [5, 5.41) is 18.1. The first-order chi connectivity index (χ1) is 15.8. The summed E-state index contributed by atoms with van der Waals surface area (Å²) in [6.45, 7) is 3.27. The third-order valence-corrected chi connectivity index (χ3v) is 7.25. The number of urea groups is 1.